The number of carboxylic acids is 1. The van der Waals surface area contributed by atoms with Crippen molar-refractivity contribution in [1.82, 2.24) is 5.43 Å². The van der Waals surface area contributed by atoms with Gasteiger partial charge in [0.1, 0.15) is 0 Å². The van der Waals surface area contributed by atoms with E-state index in [-0.39, 0.29) is 6.42 Å². The molecule has 2 N–H and O–H groups in total. The summed E-state index contributed by atoms with van der Waals surface area (Å²) in [6, 6.07) is 9.55. The fraction of sp³-hybridized carbons (Fsp3) is 0.273. The van der Waals surface area contributed by atoms with E-state index < -0.39 is 5.97 Å². The minimum Gasteiger partial charge on any atom is -0.481 e. The van der Waals surface area contributed by atoms with Crippen LogP contribution in [0.4, 0.5) is 0 Å². The maximum absolute atomic E-state index is 10.5. The van der Waals surface area contributed by atoms with E-state index in [1.54, 1.807) is 7.05 Å². The van der Waals surface area contributed by atoms with Crippen molar-refractivity contribution in [1.29, 1.82) is 0 Å². The molecule has 15 heavy (non-hydrogen) atoms. The average Bonchev–Trinajstić information content (AvgIpc) is 2.25. The Hall–Kier alpha value is -1.84. The number of hydrogen-bond donors (Lipinski definition) is 2. The standard InChI is InChI=1S/C11H14N2O2/c1-12-13-10(7-8-11(14)15)9-5-3-2-4-6-9/h2-6,12H,7-8H2,1H3,(H,14,15). The molecular weight excluding hydrogens is 192 g/mol. The maximum Gasteiger partial charge on any atom is 0.303 e. The summed E-state index contributed by atoms with van der Waals surface area (Å²) in [5, 5.41) is 12.7. The molecule has 0 spiro atoms. The molecule has 0 aliphatic rings. The van der Waals surface area contributed by atoms with E-state index in [0.717, 1.165) is 11.3 Å². The number of benzene rings is 1. The molecule has 0 heterocycles. The monoisotopic (exact) mass is 206 g/mol. The Morgan fingerprint density at radius 3 is 2.53 bits per heavy atom. The lowest BCUT2D eigenvalue weighted by Gasteiger charge is -2.04. The number of aliphatic carboxylic acids is 1. The molecule has 1 aromatic rings. The van der Waals surface area contributed by atoms with Crippen molar-refractivity contribution in [3.8, 4) is 0 Å². The molecule has 0 saturated carbocycles. The van der Waals surface area contributed by atoms with Crippen molar-refractivity contribution < 1.29 is 9.90 Å². The van der Waals surface area contributed by atoms with E-state index in [0.29, 0.717) is 6.42 Å². The summed E-state index contributed by atoms with van der Waals surface area (Å²) in [5.74, 6) is -0.810. The molecule has 0 atom stereocenters. The van der Waals surface area contributed by atoms with Gasteiger partial charge in [0.25, 0.3) is 0 Å². The number of carbonyl (C=O) groups is 1. The summed E-state index contributed by atoms with van der Waals surface area (Å²) in [4.78, 5) is 10.5. The van der Waals surface area contributed by atoms with E-state index in [9.17, 15) is 4.79 Å². The van der Waals surface area contributed by atoms with Crippen molar-refractivity contribution >= 4 is 11.7 Å². The molecule has 0 fully saturated rings. The maximum atomic E-state index is 10.5. The number of hydrazone groups is 1. The van der Waals surface area contributed by atoms with Gasteiger partial charge in [-0.2, -0.15) is 5.10 Å². The largest absolute Gasteiger partial charge is 0.481 e. The number of rotatable bonds is 5. The molecule has 80 valence electrons. The Kier molecular flexibility index (Phi) is 4.34. The van der Waals surface area contributed by atoms with Gasteiger partial charge in [0.2, 0.25) is 0 Å². The topological polar surface area (TPSA) is 61.7 Å². The summed E-state index contributed by atoms with van der Waals surface area (Å²) in [7, 11) is 1.70. The fourth-order valence-electron chi connectivity index (χ4n) is 1.26. The molecule has 1 rings (SSSR count). The van der Waals surface area contributed by atoms with Crippen LogP contribution in [0.15, 0.2) is 35.4 Å². The highest BCUT2D eigenvalue weighted by atomic mass is 16.4. The second-order valence-electron chi connectivity index (χ2n) is 3.04. The van der Waals surface area contributed by atoms with Crippen molar-refractivity contribution in [2.24, 2.45) is 5.10 Å². The van der Waals surface area contributed by atoms with E-state index in [4.69, 9.17) is 5.11 Å². The van der Waals surface area contributed by atoms with Gasteiger partial charge < -0.3 is 10.5 Å². The van der Waals surface area contributed by atoms with E-state index in [2.05, 4.69) is 10.5 Å². The third-order valence-electron chi connectivity index (χ3n) is 1.93. The van der Waals surface area contributed by atoms with Gasteiger partial charge in [0.15, 0.2) is 0 Å². The molecule has 0 radical (unpaired) electrons. The van der Waals surface area contributed by atoms with Gasteiger partial charge in [-0.1, -0.05) is 30.3 Å². The van der Waals surface area contributed by atoms with Crippen LogP contribution in [0.3, 0.4) is 0 Å². The van der Waals surface area contributed by atoms with Crippen LogP contribution in [0.25, 0.3) is 0 Å². The first-order chi connectivity index (χ1) is 7.24. The SMILES string of the molecule is CNN=C(CCC(=O)O)c1ccccc1. The summed E-state index contributed by atoms with van der Waals surface area (Å²) < 4.78 is 0. The molecule has 0 amide bonds. The first-order valence-electron chi connectivity index (χ1n) is 4.74. The van der Waals surface area contributed by atoms with Crippen LogP contribution in [-0.4, -0.2) is 23.8 Å². The Labute approximate surface area is 88.6 Å². The number of carboxylic acid groups (broad SMARTS) is 1. The van der Waals surface area contributed by atoms with Gasteiger partial charge >= 0.3 is 5.97 Å². The Balaban J connectivity index is 2.75. The predicted molar refractivity (Wildman–Crippen MR) is 58.9 cm³/mol. The molecule has 0 bridgehead atoms. The molecule has 0 aliphatic carbocycles. The van der Waals surface area contributed by atoms with Crippen molar-refractivity contribution in [2.45, 2.75) is 12.8 Å². The lowest BCUT2D eigenvalue weighted by molar-refractivity contribution is -0.136. The van der Waals surface area contributed by atoms with Crippen LogP contribution in [0, 0.1) is 0 Å². The molecular formula is C11H14N2O2. The van der Waals surface area contributed by atoms with Crippen molar-refractivity contribution in [2.75, 3.05) is 7.05 Å². The molecule has 1 aromatic carbocycles. The highest BCUT2D eigenvalue weighted by Gasteiger charge is 2.05. The summed E-state index contributed by atoms with van der Waals surface area (Å²) in [6.07, 6.45) is 0.523. The molecule has 4 nitrogen and oxygen atoms in total. The van der Waals surface area contributed by atoms with Gasteiger partial charge in [0.05, 0.1) is 12.1 Å². The Morgan fingerprint density at radius 2 is 2.00 bits per heavy atom. The zero-order valence-electron chi connectivity index (χ0n) is 8.60. The third-order valence-corrected chi connectivity index (χ3v) is 1.93. The lowest BCUT2D eigenvalue weighted by atomic mass is 10.1. The zero-order valence-corrected chi connectivity index (χ0v) is 8.60. The van der Waals surface area contributed by atoms with Gasteiger partial charge in [0, 0.05) is 13.5 Å². The van der Waals surface area contributed by atoms with Gasteiger partial charge in [-0.25, -0.2) is 0 Å². The van der Waals surface area contributed by atoms with Crippen LogP contribution in [0.1, 0.15) is 18.4 Å². The molecule has 0 saturated heterocycles. The van der Waals surface area contributed by atoms with E-state index in [1.807, 2.05) is 30.3 Å². The smallest absolute Gasteiger partial charge is 0.303 e. The highest BCUT2D eigenvalue weighted by molar-refractivity contribution is 6.01. The second kappa shape index (κ2) is 5.80. The van der Waals surface area contributed by atoms with Crippen LogP contribution < -0.4 is 5.43 Å². The van der Waals surface area contributed by atoms with Crippen LogP contribution in [-0.2, 0) is 4.79 Å². The Morgan fingerprint density at radius 1 is 1.33 bits per heavy atom. The van der Waals surface area contributed by atoms with Crippen LogP contribution >= 0.6 is 0 Å². The fourth-order valence-corrected chi connectivity index (χ4v) is 1.26. The van der Waals surface area contributed by atoms with E-state index in [1.165, 1.54) is 0 Å². The van der Waals surface area contributed by atoms with E-state index >= 15 is 0 Å². The van der Waals surface area contributed by atoms with Crippen LogP contribution in [0.2, 0.25) is 0 Å². The van der Waals surface area contributed by atoms with Crippen LogP contribution in [0.5, 0.6) is 0 Å². The number of nitrogens with one attached hydrogen (secondary N) is 1. The third kappa shape index (κ3) is 3.81. The highest BCUT2D eigenvalue weighted by Crippen LogP contribution is 2.06. The minimum atomic E-state index is -0.810. The second-order valence-corrected chi connectivity index (χ2v) is 3.04. The number of nitrogens with zero attached hydrogens (tertiary/aromatic N) is 1. The summed E-state index contributed by atoms with van der Waals surface area (Å²) in [6.45, 7) is 0. The van der Waals surface area contributed by atoms with Gasteiger partial charge in [-0.3, -0.25) is 4.79 Å². The first-order valence-corrected chi connectivity index (χ1v) is 4.74. The average molecular weight is 206 g/mol. The van der Waals surface area contributed by atoms with Gasteiger partial charge in [-0.05, 0) is 5.56 Å². The molecule has 0 aromatic heterocycles. The lowest BCUT2D eigenvalue weighted by Crippen LogP contribution is -2.09. The summed E-state index contributed by atoms with van der Waals surface area (Å²) in [5.41, 5.74) is 4.40. The molecule has 0 unspecified atom stereocenters. The molecule has 0 aliphatic heterocycles. The predicted octanol–water partition coefficient (Wildman–Crippen LogP) is 1.47. The van der Waals surface area contributed by atoms with Crippen molar-refractivity contribution in [3.63, 3.8) is 0 Å². The first kappa shape index (κ1) is 11.2. The quantitative estimate of drug-likeness (QED) is 0.566. The minimum absolute atomic E-state index is 0.0927. The van der Waals surface area contributed by atoms with Gasteiger partial charge in [-0.15, -0.1) is 0 Å². The normalized spacial score (nSPS) is 11.1. The Bertz CT molecular complexity index is 347. The number of hydrogen-bond acceptors (Lipinski definition) is 3. The molecule has 4 heteroatoms. The zero-order chi connectivity index (χ0) is 11.1. The van der Waals surface area contributed by atoms with Crippen molar-refractivity contribution in [3.05, 3.63) is 35.9 Å². The summed E-state index contributed by atoms with van der Waals surface area (Å²) >= 11 is 0.